The summed E-state index contributed by atoms with van der Waals surface area (Å²) < 4.78 is 0. The Morgan fingerprint density at radius 3 is 2.77 bits per heavy atom. The van der Waals surface area contributed by atoms with Gasteiger partial charge in [-0.05, 0) is 42.4 Å². The van der Waals surface area contributed by atoms with E-state index in [0.717, 1.165) is 23.4 Å². The summed E-state index contributed by atoms with van der Waals surface area (Å²) in [4.78, 5) is 30.1. The summed E-state index contributed by atoms with van der Waals surface area (Å²) in [5, 5.41) is 3.14. The fourth-order valence-corrected chi connectivity index (χ4v) is 5.45. The number of aromatic nitrogens is 1. The maximum atomic E-state index is 12.9. The third-order valence-electron chi connectivity index (χ3n) is 6.48. The molecule has 1 heterocycles. The predicted molar refractivity (Wildman–Crippen MR) is 105 cm³/mol. The van der Waals surface area contributed by atoms with Crippen molar-refractivity contribution >= 4 is 34.5 Å². The highest BCUT2D eigenvalue weighted by atomic mass is 35.5. The standard InChI is InChI=1S/C21H20ClNO2S/c1-20(2)15-7-8-21(20,3)18(25)14(15)10-17(24)16-11-26-19(23-16)12-5-4-6-13(22)9-12/h4-6,9-11,15H,7-8H2,1-3H3/t15-,21+/m0/s1. The van der Waals surface area contributed by atoms with E-state index >= 15 is 0 Å². The Morgan fingerprint density at radius 1 is 1.35 bits per heavy atom. The Bertz CT molecular complexity index is 958. The van der Waals surface area contributed by atoms with Crippen LogP contribution in [0.4, 0.5) is 0 Å². The first-order valence-corrected chi connectivity index (χ1v) is 10.0. The minimum Gasteiger partial charge on any atom is -0.294 e. The molecule has 2 aromatic rings. The molecule has 2 aliphatic carbocycles. The number of ketones is 2. The van der Waals surface area contributed by atoms with Gasteiger partial charge in [0.2, 0.25) is 5.78 Å². The summed E-state index contributed by atoms with van der Waals surface area (Å²) in [5.41, 5.74) is 1.52. The lowest BCUT2D eigenvalue weighted by atomic mass is 9.70. The highest BCUT2D eigenvalue weighted by molar-refractivity contribution is 7.13. The van der Waals surface area contributed by atoms with Gasteiger partial charge in [-0.25, -0.2) is 4.98 Å². The number of hydrogen-bond donors (Lipinski definition) is 0. The smallest absolute Gasteiger partial charge is 0.205 e. The summed E-state index contributed by atoms with van der Waals surface area (Å²) in [6, 6.07) is 7.41. The second-order valence-electron chi connectivity index (χ2n) is 7.99. The largest absolute Gasteiger partial charge is 0.294 e. The Labute approximate surface area is 162 Å². The summed E-state index contributed by atoms with van der Waals surface area (Å²) in [5.74, 6) is 0.109. The molecular formula is C21H20ClNO2S. The molecule has 2 atom stereocenters. The highest BCUT2D eigenvalue weighted by Crippen LogP contribution is 2.65. The molecule has 1 aromatic heterocycles. The monoisotopic (exact) mass is 385 g/mol. The predicted octanol–water partition coefficient (Wildman–Crippen LogP) is 5.60. The third-order valence-corrected chi connectivity index (χ3v) is 7.61. The molecule has 1 aromatic carbocycles. The van der Waals surface area contributed by atoms with Gasteiger partial charge >= 0.3 is 0 Å². The van der Waals surface area contributed by atoms with E-state index < -0.39 is 0 Å². The number of Topliss-reactive ketones (excluding diaryl/α,β-unsaturated/α-hetero) is 1. The van der Waals surface area contributed by atoms with Crippen molar-refractivity contribution in [2.45, 2.75) is 33.6 Å². The molecule has 0 unspecified atom stereocenters. The Morgan fingerprint density at radius 2 is 2.12 bits per heavy atom. The number of rotatable bonds is 3. The van der Waals surface area contributed by atoms with Crippen molar-refractivity contribution in [3.05, 3.63) is 52.0 Å². The van der Waals surface area contributed by atoms with E-state index in [9.17, 15) is 9.59 Å². The SMILES string of the molecule is CC1(C)[C@H]2CC[C@]1(C)C(=O)C2=CC(=O)c1csc(-c2cccc(Cl)c2)n1. The van der Waals surface area contributed by atoms with E-state index in [1.807, 2.05) is 25.1 Å². The maximum Gasteiger partial charge on any atom is 0.205 e. The first kappa shape index (κ1) is 17.6. The first-order chi connectivity index (χ1) is 12.2. The van der Waals surface area contributed by atoms with Gasteiger partial charge in [0.15, 0.2) is 5.78 Å². The number of benzene rings is 1. The molecule has 5 heteroatoms. The summed E-state index contributed by atoms with van der Waals surface area (Å²) in [6.07, 6.45) is 3.42. The molecular weight excluding hydrogens is 366 g/mol. The molecule has 2 bridgehead atoms. The van der Waals surface area contributed by atoms with Crippen LogP contribution in [0.15, 0.2) is 41.3 Å². The molecule has 2 aliphatic rings. The van der Waals surface area contributed by atoms with Crippen molar-refractivity contribution in [1.82, 2.24) is 4.98 Å². The first-order valence-electron chi connectivity index (χ1n) is 8.76. The second-order valence-corrected chi connectivity index (χ2v) is 9.28. The van der Waals surface area contributed by atoms with Crippen LogP contribution in [0.25, 0.3) is 10.6 Å². The Hall–Kier alpha value is -1.78. The maximum absolute atomic E-state index is 12.9. The lowest BCUT2D eigenvalue weighted by molar-refractivity contribution is -0.125. The van der Waals surface area contributed by atoms with Gasteiger partial charge < -0.3 is 0 Å². The van der Waals surface area contributed by atoms with Crippen LogP contribution in [-0.2, 0) is 4.79 Å². The van der Waals surface area contributed by atoms with Gasteiger partial charge in [-0.2, -0.15) is 0 Å². The molecule has 2 saturated carbocycles. The van der Waals surface area contributed by atoms with Crippen LogP contribution in [0.1, 0.15) is 44.1 Å². The van der Waals surface area contributed by atoms with Gasteiger partial charge in [-0.3, -0.25) is 9.59 Å². The van der Waals surface area contributed by atoms with Crippen molar-refractivity contribution in [1.29, 1.82) is 0 Å². The van der Waals surface area contributed by atoms with Gasteiger partial charge in [-0.1, -0.05) is 44.5 Å². The number of halogens is 1. The minimum absolute atomic E-state index is 0.0930. The molecule has 0 N–H and O–H groups in total. The van der Waals surface area contributed by atoms with Gasteiger partial charge in [0.1, 0.15) is 10.7 Å². The van der Waals surface area contributed by atoms with Crippen LogP contribution >= 0.6 is 22.9 Å². The van der Waals surface area contributed by atoms with E-state index in [-0.39, 0.29) is 28.3 Å². The van der Waals surface area contributed by atoms with Crippen LogP contribution in [0.5, 0.6) is 0 Å². The molecule has 3 nitrogen and oxygen atoms in total. The lowest BCUT2D eigenvalue weighted by Crippen LogP contribution is -2.32. The normalized spacial score (nSPS) is 28.1. The molecule has 2 fully saturated rings. The number of carbonyl (C=O) groups excluding carboxylic acids is 2. The van der Waals surface area contributed by atoms with E-state index in [4.69, 9.17) is 11.6 Å². The molecule has 4 rings (SSSR count). The Kier molecular flexibility index (Phi) is 3.97. The van der Waals surface area contributed by atoms with Crippen LogP contribution in [-0.4, -0.2) is 16.6 Å². The van der Waals surface area contributed by atoms with Crippen molar-refractivity contribution < 1.29 is 9.59 Å². The van der Waals surface area contributed by atoms with Crippen molar-refractivity contribution in [3.8, 4) is 10.6 Å². The van der Waals surface area contributed by atoms with E-state index in [0.29, 0.717) is 16.3 Å². The van der Waals surface area contributed by atoms with Gasteiger partial charge in [-0.15, -0.1) is 11.3 Å². The molecule has 0 radical (unpaired) electrons. The molecule has 0 aliphatic heterocycles. The number of nitrogens with zero attached hydrogens (tertiary/aromatic N) is 1. The van der Waals surface area contributed by atoms with Gasteiger partial charge in [0.25, 0.3) is 0 Å². The fourth-order valence-electron chi connectivity index (χ4n) is 4.45. The summed E-state index contributed by atoms with van der Waals surface area (Å²) in [6.45, 7) is 6.34. The van der Waals surface area contributed by atoms with E-state index in [1.54, 1.807) is 11.4 Å². The minimum atomic E-state index is -0.349. The molecule has 0 spiro atoms. The van der Waals surface area contributed by atoms with Crippen LogP contribution in [0.3, 0.4) is 0 Å². The Balaban J connectivity index is 1.64. The van der Waals surface area contributed by atoms with Crippen LogP contribution in [0.2, 0.25) is 5.02 Å². The van der Waals surface area contributed by atoms with E-state index in [1.165, 1.54) is 17.4 Å². The van der Waals surface area contributed by atoms with Crippen molar-refractivity contribution in [3.63, 3.8) is 0 Å². The number of fused-ring (bicyclic) bond motifs is 2. The molecule has 0 saturated heterocycles. The van der Waals surface area contributed by atoms with Crippen LogP contribution in [0, 0.1) is 16.7 Å². The zero-order chi connectivity index (χ0) is 18.7. The van der Waals surface area contributed by atoms with Gasteiger partial charge in [0, 0.05) is 27.0 Å². The number of carbonyl (C=O) groups is 2. The zero-order valence-electron chi connectivity index (χ0n) is 15.0. The van der Waals surface area contributed by atoms with Crippen LogP contribution < -0.4 is 0 Å². The second kappa shape index (κ2) is 5.86. The molecule has 0 amide bonds. The topological polar surface area (TPSA) is 47.0 Å². The fraction of sp³-hybridized carbons (Fsp3) is 0.381. The third kappa shape index (κ3) is 2.43. The zero-order valence-corrected chi connectivity index (χ0v) is 16.6. The van der Waals surface area contributed by atoms with Crippen molar-refractivity contribution in [2.24, 2.45) is 16.7 Å². The van der Waals surface area contributed by atoms with E-state index in [2.05, 4.69) is 18.8 Å². The highest BCUT2D eigenvalue weighted by Gasteiger charge is 2.64. The van der Waals surface area contributed by atoms with Gasteiger partial charge in [0.05, 0.1) is 0 Å². The average Bonchev–Trinajstić information content (AvgIpc) is 3.20. The molecule has 134 valence electrons. The molecule has 26 heavy (non-hydrogen) atoms. The average molecular weight is 386 g/mol. The summed E-state index contributed by atoms with van der Waals surface area (Å²) in [7, 11) is 0. The van der Waals surface area contributed by atoms with Crippen molar-refractivity contribution in [2.75, 3.05) is 0 Å². The number of thiazole rings is 1. The number of hydrogen-bond acceptors (Lipinski definition) is 4. The summed E-state index contributed by atoms with van der Waals surface area (Å²) >= 11 is 7.44. The number of allylic oxidation sites excluding steroid dienone is 2. The lowest BCUT2D eigenvalue weighted by Gasteiger charge is -2.31. The quantitative estimate of drug-likeness (QED) is 0.510.